The van der Waals surface area contributed by atoms with Gasteiger partial charge in [-0.15, -0.1) is 11.3 Å². The SMILES string of the molecule is CC1(C)c2ccccc2-c2ccc(N(c3ccc(-c4ccccc4)cc3)c3ccc4c5ccccc5c5ccccc5c5ccccc5c5c(ccc6sc7ccccc7c65)c4c3)cc21. The second-order valence-corrected chi connectivity index (χ2v) is 19.1. The third-order valence-electron chi connectivity index (χ3n) is 14.1. The summed E-state index contributed by atoms with van der Waals surface area (Å²) in [6, 6.07) is 83.8. The molecule has 306 valence electrons. The van der Waals surface area contributed by atoms with Gasteiger partial charge in [-0.25, -0.2) is 0 Å². The summed E-state index contributed by atoms with van der Waals surface area (Å²) in [5, 5.41) is 14.9. The molecule has 0 atom stereocenters. The number of nitrogens with zero attached hydrogens (tertiary/aromatic N) is 1. The van der Waals surface area contributed by atoms with E-state index in [4.69, 9.17) is 0 Å². The Kier molecular flexibility index (Phi) is 8.50. The van der Waals surface area contributed by atoms with E-state index in [0.29, 0.717) is 0 Å². The van der Waals surface area contributed by atoms with Gasteiger partial charge >= 0.3 is 0 Å². The molecule has 1 nitrogen and oxygen atoms in total. The van der Waals surface area contributed by atoms with Gasteiger partial charge in [-0.1, -0.05) is 190 Å². The van der Waals surface area contributed by atoms with E-state index in [1.807, 2.05) is 11.3 Å². The molecule has 0 N–H and O–H groups in total. The van der Waals surface area contributed by atoms with Gasteiger partial charge in [0, 0.05) is 42.6 Å². The van der Waals surface area contributed by atoms with E-state index in [1.54, 1.807) is 0 Å². The molecule has 0 spiro atoms. The van der Waals surface area contributed by atoms with Gasteiger partial charge in [-0.3, -0.25) is 0 Å². The monoisotopic (exact) mass is 845 g/mol. The minimum absolute atomic E-state index is 0.144. The maximum absolute atomic E-state index is 2.47. The molecule has 0 unspecified atom stereocenters. The van der Waals surface area contributed by atoms with Crippen molar-refractivity contribution in [2.75, 3.05) is 4.90 Å². The van der Waals surface area contributed by atoms with Crippen LogP contribution in [0.5, 0.6) is 0 Å². The van der Waals surface area contributed by atoms with Crippen molar-refractivity contribution in [1.29, 1.82) is 0 Å². The van der Waals surface area contributed by atoms with Gasteiger partial charge in [0.15, 0.2) is 0 Å². The van der Waals surface area contributed by atoms with Crippen LogP contribution in [0.15, 0.2) is 224 Å². The number of hydrogen-bond donors (Lipinski definition) is 0. The number of fused-ring (bicyclic) bond motifs is 17. The van der Waals surface area contributed by atoms with Crippen molar-refractivity contribution in [3.05, 3.63) is 236 Å². The second-order valence-electron chi connectivity index (χ2n) is 18.0. The molecule has 0 saturated carbocycles. The molecule has 0 radical (unpaired) electrons. The summed E-state index contributed by atoms with van der Waals surface area (Å²) < 4.78 is 2.60. The van der Waals surface area contributed by atoms with E-state index < -0.39 is 0 Å². The van der Waals surface area contributed by atoms with Crippen LogP contribution in [-0.4, -0.2) is 0 Å². The zero-order valence-corrected chi connectivity index (χ0v) is 37.0. The van der Waals surface area contributed by atoms with Crippen molar-refractivity contribution in [1.82, 2.24) is 0 Å². The van der Waals surface area contributed by atoms with Crippen molar-refractivity contribution < 1.29 is 0 Å². The summed E-state index contributed by atoms with van der Waals surface area (Å²) >= 11 is 1.88. The van der Waals surface area contributed by atoms with Gasteiger partial charge in [-0.2, -0.15) is 0 Å². The molecule has 1 aliphatic rings. The molecule has 1 heterocycles. The molecule has 65 heavy (non-hydrogen) atoms. The molecule has 12 aromatic rings. The number of rotatable bonds is 4. The van der Waals surface area contributed by atoms with Crippen LogP contribution >= 0.6 is 11.3 Å². The quantitative estimate of drug-likeness (QED) is 0.171. The van der Waals surface area contributed by atoms with E-state index in [-0.39, 0.29) is 5.41 Å². The summed E-state index contributed by atoms with van der Waals surface area (Å²) in [6.07, 6.45) is 0. The highest BCUT2D eigenvalue weighted by Gasteiger charge is 2.35. The van der Waals surface area contributed by atoms with Gasteiger partial charge in [0.2, 0.25) is 0 Å². The Morgan fingerprint density at radius 3 is 1.49 bits per heavy atom. The first kappa shape index (κ1) is 37.7. The molecule has 0 aliphatic heterocycles. The van der Waals surface area contributed by atoms with Crippen molar-refractivity contribution >= 4 is 102 Å². The van der Waals surface area contributed by atoms with Gasteiger partial charge in [0.05, 0.1) is 0 Å². The predicted molar refractivity (Wildman–Crippen MR) is 282 cm³/mol. The van der Waals surface area contributed by atoms with Crippen LogP contribution in [0.1, 0.15) is 25.0 Å². The van der Waals surface area contributed by atoms with Gasteiger partial charge in [0.25, 0.3) is 0 Å². The molecule has 1 aliphatic carbocycles. The smallest absolute Gasteiger partial charge is 0.0468 e. The Morgan fingerprint density at radius 2 is 0.785 bits per heavy atom. The van der Waals surface area contributed by atoms with Gasteiger partial charge in [0.1, 0.15) is 0 Å². The number of thiophene rings is 1. The van der Waals surface area contributed by atoms with Crippen LogP contribution in [0.4, 0.5) is 17.1 Å². The van der Waals surface area contributed by atoms with Crippen LogP contribution < -0.4 is 4.90 Å². The van der Waals surface area contributed by atoms with Crippen LogP contribution in [0.2, 0.25) is 0 Å². The first-order chi connectivity index (χ1) is 32.0. The Bertz CT molecular complexity index is 3970. The fourth-order valence-electron chi connectivity index (χ4n) is 11.0. The first-order valence-corrected chi connectivity index (χ1v) is 23.4. The lowest BCUT2D eigenvalue weighted by molar-refractivity contribution is 0.660. The molecule has 0 bridgehead atoms. The van der Waals surface area contributed by atoms with E-state index in [9.17, 15) is 0 Å². The summed E-state index contributed by atoms with van der Waals surface area (Å²) in [7, 11) is 0. The Labute approximate surface area is 382 Å². The summed E-state index contributed by atoms with van der Waals surface area (Å²) in [4.78, 5) is 2.47. The van der Waals surface area contributed by atoms with Crippen molar-refractivity contribution in [2.24, 2.45) is 0 Å². The fraction of sp³-hybridized carbons (Fsp3) is 0.0476. The first-order valence-electron chi connectivity index (χ1n) is 22.6. The lowest BCUT2D eigenvalue weighted by Gasteiger charge is -2.28. The molecule has 2 heteroatoms. The molecular formula is C63H43NS. The topological polar surface area (TPSA) is 3.24 Å². The fourth-order valence-corrected chi connectivity index (χ4v) is 12.1. The third-order valence-corrected chi connectivity index (χ3v) is 15.2. The highest BCUT2D eigenvalue weighted by Crippen LogP contribution is 2.51. The molecule has 0 saturated heterocycles. The highest BCUT2D eigenvalue weighted by molar-refractivity contribution is 7.26. The molecule has 1 aromatic heterocycles. The predicted octanol–water partition coefficient (Wildman–Crippen LogP) is 18.4. The van der Waals surface area contributed by atoms with E-state index >= 15 is 0 Å². The number of hydrogen-bond acceptors (Lipinski definition) is 2. The number of anilines is 3. The van der Waals surface area contributed by atoms with Gasteiger partial charge < -0.3 is 4.90 Å². The van der Waals surface area contributed by atoms with Gasteiger partial charge in [-0.05, 0) is 136 Å². The zero-order valence-electron chi connectivity index (χ0n) is 36.2. The second kappa shape index (κ2) is 14.6. The van der Waals surface area contributed by atoms with Crippen molar-refractivity contribution in [3.63, 3.8) is 0 Å². The largest absolute Gasteiger partial charge is 0.310 e. The minimum atomic E-state index is -0.144. The minimum Gasteiger partial charge on any atom is -0.310 e. The summed E-state index contributed by atoms with van der Waals surface area (Å²) in [6.45, 7) is 4.74. The van der Waals surface area contributed by atoms with E-state index in [1.165, 1.54) is 107 Å². The van der Waals surface area contributed by atoms with Crippen LogP contribution in [0, 0.1) is 0 Å². The lowest BCUT2D eigenvalue weighted by Crippen LogP contribution is -2.16. The summed E-state index contributed by atoms with van der Waals surface area (Å²) in [5.41, 5.74) is 11.0. The Balaban J connectivity index is 1.18. The lowest BCUT2D eigenvalue weighted by atomic mass is 9.82. The average molecular weight is 846 g/mol. The van der Waals surface area contributed by atoms with Crippen LogP contribution in [0.25, 0.3) is 96.3 Å². The van der Waals surface area contributed by atoms with E-state index in [2.05, 4.69) is 243 Å². The van der Waals surface area contributed by atoms with Crippen molar-refractivity contribution in [2.45, 2.75) is 19.3 Å². The van der Waals surface area contributed by atoms with E-state index in [0.717, 1.165) is 17.1 Å². The average Bonchev–Trinajstić information content (AvgIpc) is 3.86. The maximum atomic E-state index is 2.47. The van der Waals surface area contributed by atoms with Crippen molar-refractivity contribution in [3.8, 4) is 22.3 Å². The van der Waals surface area contributed by atoms with Crippen LogP contribution in [-0.2, 0) is 5.41 Å². The Morgan fingerprint density at radius 1 is 0.308 bits per heavy atom. The molecule has 0 amide bonds. The molecule has 0 fully saturated rings. The maximum Gasteiger partial charge on any atom is 0.0468 e. The normalized spacial score (nSPS) is 12.9. The standard InChI is InChI=1S/C63H43NS/c1-63(2)57-26-14-12-23-51(57)52-35-33-44(39-58(52)63)64(42-30-28-41(29-31-42)40-16-4-3-5-17-40)43-32-34-50-48-21-9-7-19-46(48)45-18-6-8-20-47(45)49-22-10-11-24-53(49)61-54(56(50)38-43)36-37-60-62(61)55-25-13-15-27-59(55)65-60/h3-39H,1-2H3. The Hall–Kier alpha value is -7.78. The molecular weight excluding hydrogens is 803 g/mol. The zero-order chi connectivity index (χ0) is 43.2. The summed E-state index contributed by atoms with van der Waals surface area (Å²) in [5.74, 6) is 0. The highest BCUT2D eigenvalue weighted by atomic mass is 32.1. The third kappa shape index (κ3) is 5.84. The molecule has 13 rings (SSSR count). The number of benzene rings is 10. The van der Waals surface area contributed by atoms with Crippen LogP contribution in [0.3, 0.4) is 0 Å². The molecule has 11 aromatic carbocycles.